The summed E-state index contributed by atoms with van der Waals surface area (Å²) < 4.78 is 0. The molecule has 2 rings (SSSR count). The molecule has 0 radical (unpaired) electrons. The maximum absolute atomic E-state index is 12.9. The summed E-state index contributed by atoms with van der Waals surface area (Å²) in [5.74, 6) is 0.619. The molecule has 7 heteroatoms. The molecule has 0 aliphatic rings. The average molecular weight is 431 g/mol. The molecule has 0 saturated carbocycles. The van der Waals surface area contributed by atoms with Crippen LogP contribution in [0.1, 0.15) is 75.4 Å². The van der Waals surface area contributed by atoms with Crippen molar-refractivity contribution in [3.63, 3.8) is 0 Å². The Bertz CT molecular complexity index is 843. The van der Waals surface area contributed by atoms with E-state index in [1.807, 2.05) is 45.0 Å². The molecule has 3 amide bonds. The number of carbonyl (C=O) groups excluding carboxylic acids is 2. The van der Waals surface area contributed by atoms with Gasteiger partial charge in [-0.25, -0.2) is 9.78 Å². The van der Waals surface area contributed by atoms with Crippen LogP contribution in [0.15, 0.2) is 29.6 Å². The number of amides is 3. The molecule has 0 aliphatic heterocycles. The third kappa shape index (κ3) is 6.55. The molecule has 164 valence electrons. The lowest BCUT2D eigenvalue weighted by Crippen LogP contribution is -2.39. The minimum absolute atomic E-state index is 0.0120. The van der Waals surface area contributed by atoms with Gasteiger partial charge < -0.3 is 15.5 Å². The number of thiazole rings is 1. The number of nitrogens with one attached hydrogen (secondary N) is 2. The Labute approximate surface area is 184 Å². The maximum atomic E-state index is 12.9. The van der Waals surface area contributed by atoms with Crippen LogP contribution < -0.4 is 10.6 Å². The second-order valence-electron chi connectivity index (χ2n) is 8.56. The van der Waals surface area contributed by atoms with Crippen molar-refractivity contribution in [2.45, 2.75) is 73.0 Å². The van der Waals surface area contributed by atoms with Crippen molar-refractivity contribution in [1.29, 1.82) is 0 Å². The van der Waals surface area contributed by atoms with Gasteiger partial charge in [0.1, 0.15) is 10.7 Å². The van der Waals surface area contributed by atoms with Crippen LogP contribution >= 0.6 is 11.3 Å². The Morgan fingerprint density at radius 3 is 2.20 bits per heavy atom. The molecule has 1 aromatic heterocycles. The normalized spacial score (nSPS) is 12.3. The second-order valence-corrected chi connectivity index (χ2v) is 9.50. The Balaban J connectivity index is 2.04. The Morgan fingerprint density at radius 1 is 1.03 bits per heavy atom. The number of carbonyl (C=O) groups is 2. The Kier molecular flexibility index (Phi) is 8.41. The number of anilines is 1. The van der Waals surface area contributed by atoms with Gasteiger partial charge in [-0.3, -0.25) is 4.79 Å². The number of rotatable bonds is 8. The van der Waals surface area contributed by atoms with E-state index in [1.54, 1.807) is 10.3 Å². The highest BCUT2D eigenvalue weighted by molar-refractivity contribution is 7.09. The number of aromatic nitrogens is 1. The van der Waals surface area contributed by atoms with Crippen molar-refractivity contribution in [2.75, 3.05) is 5.32 Å². The summed E-state index contributed by atoms with van der Waals surface area (Å²) in [5, 5.41) is 8.41. The summed E-state index contributed by atoms with van der Waals surface area (Å²) in [4.78, 5) is 31.4. The number of hydrogen-bond acceptors (Lipinski definition) is 4. The lowest BCUT2D eigenvalue weighted by Gasteiger charge is -2.26. The monoisotopic (exact) mass is 430 g/mol. The van der Waals surface area contributed by atoms with Crippen molar-refractivity contribution < 1.29 is 9.59 Å². The minimum atomic E-state index is -0.183. The van der Waals surface area contributed by atoms with E-state index in [1.165, 1.54) is 16.9 Å². The van der Waals surface area contributed by atoms with Crippen LogP contribution in [0.25, 0.3) is 0 Å². The number of urea groups is 1. The molecule has 0 unspecified atom stereocenters. The quantitative estimate of drug-likeness (QED) is 0.582. The van der Waals surface area contributed by atoms with E-state index in [2.05, 4.69) is 43.3 Å². The van der Waals surface area contributed by atoms with Crippen LogP contribution in [0.3, 0.4) is 0 Å². The van der Waals surface area contributed by atoms with Crippen LogP contribution in [0.2, 0.25) is 0 Å². The summed E-state index contributed by atoms with van der Waals surface area (Å²) in [5.41, 5.74) is 2.39. The molecule has 1 aromatic carbocycles. The third-order valence-electron chi connectivity index (χ3n) is 5.16. The second kappa shape index (κ2) is 10.6. The van der Waals surface area contributed by atoms with Gasteiger partial charge in [-0.2, -0.15) is 0 Å². The zero-order valence-corrected chi connectivity index (χ0v) is 19.8. The molecule has 1 atom stereocenters. The van der Waals surface area contributed by atoms with Gasteiger partial charge in [0.05, 0.1) is 6.54 Å². The number of nitrogens with zero attached hydrogens (tertiary/aromatic N) is 2. The van der Waals surface area contributed by atoms with Gasteiger partial charge in [-0.05, 0) is 50.3 Å². The summed E-state index contributed by atoms with van der Waals surface area (Å²) in [7, 11) is 0. The van der Waals surface area contributed by atoms with Crippen molar-refractivity contribution in [1.82, 2.24) is 15.2 Å². The van der Waals surface area contributed by atoms with Crippen molar-refractivity contribution in [2.24, 2.45) is 5.92 Å². The molecule has 0 fully saturated rings. The smallest absolute Gasteiger partial charge is 0.322 e. The highest BCUT2D eigenvalue weighted by Gasteiger charge is 2.21. The van der Waals surface area contributed by atoms with Gasteiger partial charge in [0, 0.05) is 23.2 Å². The first-order valence-electron chi connectivity index (χ1n) is 10.5. The fraction of sp³-hybridized carbons (Fsp3) is 0.522. The first kappa shape index (κ1) is 23.9. The van der Waals surface area contributed by atoms with Gasteiger partial charge in [0.15, 0.2) is 0 Å². The molecular weight excluding hydrogens is 396 g/mol. The summed E-state index contributed by atoms with van der Waals surface area (Å²) in [6.45, 7) is 14.7. The summed E-state index contributed by atoms with van der Waals surface area (Å²) in [6.07, 6.45) is 0. The Morgan fingerprint density at radius 2 is 1.67 bits per heavy atom. The topological polar surface area (TPSA) is 74.3 Å². The van der Waals surface area contributed by atoms with Crippen LogP contribution in [0.5, 0.6) is 0 Å². The minimum Gasteiger partial charge on any atom is -0.348 e. The first-order chi connectivity index (χ1) is 14.1. The lowest BCUT2D eigenvalue weighted by molar-refractivity contribution is 0.0926. The molecule has 30 heavy (non-hydrogen) atoms. The highest BCUT2D eigenvalue weighted by Crippen LogP contribution is 2.19. The maximum Gasteiger partial charge on any atom is 0.322 e. The van der Waals surface area contributed by atoms with E-state index in [-0.39, 0.29) is 24.0 Å². The van der Waals surface area contributed by atoms with E-state index < -0.39 is 0 Å². The first-order valence-corrected chi connectivity index (χ1v) is 11.4. The van der Waals surface area contributed by atoms with Crippen molar-refractivity contribution >= 4 is 29.0 Å². The fourth-order valence-corrected chi connectivity index (χ4v) is 3.49. The molecule has 6 nitrogen and oxygen atoms in total. The van der Waals surface area contributed by atoms with E-state index in [4.69, 9.17) is 0 Å². The Hall–Kier alpha value is -2.41. The number of hydrogen-bond donors (Lipinski definition) is 2. The van der Waals surface area contributed by atoms with Crippen LogP contribution in [0.4, 0.5) is 10.5 Å². The third-order valence-corrected chi connectivity index (χ3v) is 6.00. The average Bonchev–Trinajstić information content (AvgIpc) is 3.15. The largest absolute Gasteiger partial charge is 0.348 e. The number of benzene rings is 1. The zero-order chi connectivity index (χ0) is 22.4. The van der Waals surface area contributed by atoms with E-state index >= 15 is 0 Å². The molecule has 0 aliphatic carbocycles. The zero-order valence-electron chi connectivity index (χ0n) is 19.0. The van der Waals surface area contributed by atoms with Gasteiger partial charge >= 0.3 is 6.03 Å². The van der Waals surface area contributed by atoms with Gasteiger partial charge in [0.25, 0.3) is 5.91 Å². The van der Waals surface area contributed by atoms with Crippen LogP contribution in [-0.4, -0.2) is 33.9 Å². The van der Waals surface area contributed by atoms with E-state index in [0.717, 1.165) is 10.7 Å². The molecule has 0 saturated heterocycles. The molecule has 2 N–H and O–H groups in total. The van der Waals surface area contributed by atoms with Crippen LogP contribution in [-0.2, 0) is 6.54 Å². The molecule has 1 heterocycles. The van der Waals surface area contributed by atoms with Gasteiger partial charge in [0.2, 0.25) is 0 Å². The standard InChI is InChI=1S/C23H34N4O2S/c1-14(2)17(7)24-22(28)20-13-30-21(26-20)12-27(16(5)6)23(29)25-19-10-8-18(9-11-19)15(3)4/h8-11,13-17H,12H2,1-7H3,(H,24,28)(H,25,29)/t17-/m1/s1. The highest BCUT2D eigenvalue weighted by atomic mass is 32.1. The molecular formula is C23H34N4O2S. The predicted molar refractivity (Wildman–Crippen MR) is 124 cm³/mol. The lowest BCUT2D eigenvalue weighted by atomic mass is 10.0. The van der Waals surface area contributed by atoms with Gasteiger partial charge in [-0.15, -0.1) is 11.3 Å². The van der Waals surface area contributed by atoms with Gasteiger partial charge in [-0.1, -0.05) is 39.8 Å². The van der Waals surface area contributed by atoms with E-state index in [9.17, 15) is 9.59 Å². The summed E-state index contributed by atoms with van der Waals surface area (Å²) in [6, 6.07) is 7.79. The molecule has 2 aromatic rings. The summed E-state index contributed by atoms with van der Waals surface area (Å²) >= 11 is 1.39. The van der Waals surface area contributed by atoms with Crippen molar-refractivity contribution in [3.8, 4) is 0 Å². The van der Waals surface area contributed by atoms with Crippen LogP contribution in [0, 0.1) is 5.92 Å². The molecule has 0 spiro atoms. The SMILES string of the molecule is CC(C)c1ccc(NC(=O)N(Cc2nc(C(=O)N[C@H](C)C(C)C)cs2)C(C)C)cc1. The van der Waals surface area contributed by atoms with Crippen molar-refractivity contribution in [3.05, 3.63) is 45.9 Å². The van der Waals surface area contributed by atoms with E-state index in [0.29, 0.717) is 24.1 Å². The predicted octanol–water partition coefficient (Wildman–Crippen LogP) is 5.48. The molecule has 0 bridgehead atoms. The fourth-order valence-electron chi connectivity index (χ4n) is 2.72.